The summed E-state index contributed by atoms with van der Waals surface area (Å²) < 4.78 is 2.53. The lowest BCUT2D eigenvalue weighted by Crippen LogP contribution is -2.63. The van der Waals surface area contributed by atoms with E-state index in [1.807, 2.05) is 0 Å². The molecule has 6 aromatic carbocycles. The van der Waals surface area contributed by atoms with E-state index in [-0.39, 0.29) is 0 Å². The summed E-state index contributed by atoms with van der Waals surface area (Å²) in [6.07, 6.45) is 2.27. The highest BCUT2D eigenvalue weighted by Gasteiger charge is 2.53. The third kappa shape index (κ3) is 4.46. The molecule has 0 atom stereocenters. The molecule has 0 spiro atoms. The maximum absolute atomic E-state index is 2.53. The van der Waals surface area contributed by atoms with Gasteiger partial charge in [0, 0.05) is 28.8 Å². The Bertz CT molecular complexity index is 1580. The van der Waals surface area contributed by atoms with Gasteiger partial charge in [-0.05, 0) is 16.7 Å². The normalized spacial score (nSPS) is 11.6. The average Bonchev–Trinajstić information content (AvgIpc) is 3.12. The zero-order chi connectivity index (χ0) is 29.7. The Balaban J connectivity index is 1.71. The summed E-state index contributed by atoms with van der Waals surface area (Å²) >= 11 is 0. The molecule has 7 aromatic rings. The maximum atomic E-state index is 2.53. The van der Waals surface area contributed by atoms with Gasteiger partial charge in [-0.2, -0.15) is 4.57 Å². The first-order chi connectivity index (χ1) is 21.9. The summed E-state index contributed by atoms with van der Waals surface area (Å²) in [7, 11) is 0. The molecular weight excluding hydrogens is 530 g/mol. The average molecular weight is 565 g/mol. The van der Waals surface area contributed by atoms with E-state index in [0.29, 0.717) is 0 Å². The van der Waals surface area contributed by atoms with Crippen LogP contribution in [0, 0.1) is 0 Å². The SMILES string of the molecule is c1ccc(C(c2ccccc2)(c2ccccc2)c2cccc[n+]2C(c2ccccc2)(c2ccccc2)c2ccccc2)cc1. The van der Waals surface area contributed by atoms with E-state index in [1.165, 1.54) is 39.1 Å². The largest absolute Gasteiger partial charge is 0.244 e. The van der Waals surface area contributed by atoms with Crippen molar-refractivity contribution in [2.24, 2.45) is 0 Å². The lowest BCUT2D eigenvalue weighted by molar-refractivity contribution is -0.742. The molecular formula is C43H34N+. The molecule has 0 saturated heterocycles. The molecule has 0 N–H and O–H groups in total. The Morgan fingerprint density at radius 1 is 0.273 bits per heavy atom. The second kappa shape index (κ2) is 12.0. The number of benzene rings is 6. The Labute approximate surface area is 260 Å². The van der Waals surface area contributed by atoms with Crippen molar-refractivity contribution in [1.82, 2.24) is 0 Å². The van der Waals surface area contributed by atoms with Crippen LogP contribution in [-0.4, -0.2) is 0 Å². The molecule has 0 unspecified atom stereocenters. The lowest BCUT2D eigenvalue weighted by Gasteiger charge is -2.38. The molecule has 210 valence electrons. The van der Waals surface area contributed by atoms with Crippen LogP contribution in [0.4, 0.5) is 0 Å². The third-order valence-corrected chi connectivity index (χ3v) is 8.80. The van der Waals surface area contributed by atoms with Crippen LogP contribution in [-0.2, 0) is 11.0 Å². The van der Waals surface area contributed by atoms with Gasteiger partial charge in [-0.15, -0.1) is 0 Å². The summed E-state index contributed by atoms with van der Waals surface area (Å²) in [6.45, 7) is 0. The Kier molecular flexibility index (Phi) is 7.44. The molecule has 0 aliphatic heterocycles. The van der Waals surface area contributed by atoms with Gasteiger partial charge in [0.1, 0.15) is 5.41 Å². The highest BCUT2D eigenvalue weighted by molar-refractivity contribution is 5.57. The van der Waals surface area contributed by atoms with Crippen LogP contribution < -0.4 is 4.57 Å². The molecule has 0 amide bonds. The van der Waals surface area contributed by atoms with Gasteiger partial charge >= 0.3 is 0 Å². The number of hydrogen-bond donors (Lipinski definition) is 0. The first-order valence-electron chi connectivity index (χ1n) is 15.2. The maximum Gasteiger partial charge on any atom is 0.244 e. The Morgan fingerprint density at radius 2 is 0.545 bits per heavy atom. The standard InChI is InChI=1S/C43H34N/c1-7-21-35(22-8-1)42(36-23-9-2-10-24-36,37-25-11-3-12-26-37)41-33-19-20-34-44(41)43(38-27-13-4-14-28-38,39-29-15-5-16-30-39)40-31-17-6-18-32-40/h1-34H/q+1. The summed E-state index contributed by atoms with van der Waals surface area (Å²) in [4.78, 5) is 0. The van der Waals surface area contributed by atoms with Crippen molar-refractivity contribution in [2.45, 2.75) is 11.0 Å². The first kappa shape index (κ1) is 27.3. The molecule has 0 bridgehead atoms. The molecule has 1 heteroatoms. The molecule has 0 saturated carbocycles. The number of pyridine rings is 1. The van der Waals surface area contributed by atoms with Gasteiger partial charge < -0.3 is 0 Å². The second-order valence-corrected chi connectivity index (χ2v) is 11.1. The van der Waals surface area contributed by atoms with Crippen LogP contribution in [0.15, 0.2) is 206 Å². The van der Waals surface area contributed by atoms with Gasteiger partial charge in [0.15, 0.2) is 6.20 Å². The van der Waals surface area contributed by atoms with Crippen LogP contribution in [0.3, 0.4) is 0 Å². The fourth-order valence-electron chi connectivity index (χ4n) is 7.00. The smallest absolute Gasteiger partial charge is 0.182 e. The van der Waals surface area contributed by atoms with Gasteiger partial charge in [-0.1, -0.05) is 188 Å². The minimum absolute atomic E-state index is 0.630. The second-order valence-electron chi connectivity index (χ2n) is 11.1. The predicted molar refractivity (Wildman–Crippen MR) is 180 cm³/mol. The van der Waals surface area contributed by atoms with Crippen molar-refractivity contribution < 1.29 is 4.57 Å². The molecule has 0 aliphatic rings. The molecule has 1 heterocycles. The van der Waals surface area contributed by atoms with Crippen LogP contribution in [0.1, 0.15) is 39.1 Å². The molecule has 1 aromatic heterocycles. The Morgan fingerprint density at radius 3 is 0.864 bits per heavy atom. The molecule has 7 rings (SSSR count). The van der Waals surface area contributed by atoms with E-state index in [0.717, 1.165) is 0 Å². The number of hydrogen-bond acceptors (Lipinski definition) is 0. The molecule has 0 aliphatic carbocycles. The molecule has 1 nitrogen and oxygen atoms in total. The number of nitrogens with zero attached hydrogens (tertiary/aromatic N) is 1. The van der Waals surface area contributed by atoms with Gasteiger partial charge in [-0.3, -0.25) is 0 Å². The highest BCUT2D eigenvalue weighted by atomic mass is 15.1. The van der Waals surface area contributed by atoms with Crippen molar-refractivity contribution in [2.75, 3.05) is 0 Å². The fourth-order valence-corrected chi connectivity index (χ4v) is 7.00. The third-order valence-electron chi connectivity index (χ3n) is 8.80. The van der Waals surface area contributed by atoms with E-state index in [4.69, 9.17) is 0 Å². The lowest BCUT2D eigenvalue weighted by atomic mass is 9.65. The van der Waals surface area contributed by atoms with E-state index in [1.54, 1.807) is 0 Å². The predicted octanol–water partition coefficient (Wildman–Crippen LogP) is 9.20. The minimum atomic E-state index is -0.677. The number of aromatic nitrogens is 1. The summed E-state index contributed by atoms with van der Waals surface area (Å²) in [6, 6.07) is 72.3. The van der Waals surface area contributed by atoms with E-state index in [2.05, 4.69) is 211 Å². The quantitative estimate of drug-likeness (QED) is 0.128. The first-order valence-corrected chi connectivity index (χ1v) is 15.2. The highest BCUT2D eigenvalue weighted by Crippen LogP contribution is 2.46. The summed E-state index contributed by atoms with van der Waals surface area (Å²) in [5.74, 6) is 0. The van der Waals surface area contributed by atoms with Crippen LogP contribution in [0.5, 0.6) is 0 Å². The Hall–Kier alpha value is -5.53. The molecule has 44 heavy (non-hydrogen) atoms. The summed E-state index contributed by atoms with van der Waals surface area (Å²) in [5.41, 5.74) is 7.06. The number of rotatable bonds is 8. The van der Waals surface area contributed by atoms with Crippen LogP contribution in [0.2, 0.25) is 0 Å². The van der Waals surface area contributed by atoms with Gasteiger partial charge in [-0.25, -0.2) is 0 Å². The van der Waals surface area contributed by atoms with E-state index >= 15 is 0 Å². The molecule has 0 fully saturated rings. The molecule has 0 radical (unpaired) electrons. The van der Waals surface area contributed by atoms with Crippen molar-refractivity contribution in [3.05, 3.63) is 245 Å². The van der Waals surface area contributed by atoms with Crippen molar-refractivity contribution in [1.29, 1.82) is 0 Å². The zero-order valence-electron chi connectivity index (χ0n) is 24.6. The van der Waals surface area contributed by atoms with Crippen LogP contribution >= 0.6 is 0 Å². The van der Waals surface area contributed by atoms with Gasteiger partial charge in [0.05, 0.1) is 0 Å². The minimum Gasteiger partial charge on any atom is -0.182 e. The topological polar surface area (TPSA) is 3.88 Å². The van der Waals surface area contributed by atoms with Crippen LogP contribution in [0.25, 0.3) is 0 Å². The monoisotopic (exact) mass is 564 g/mol. The van der Waals surface area contributed by atoms with Gasteiger partial charge in [0.25, 0.3) is 0 Å². The zero-order valence-corrected chi connectivity index (χ0v) is 24.6. The van der Waals surface area contributed by atoms with E-state index < -0.39 is 11.0 Å². The van der Waals surface area contributed by atoms with E-state index in [9.17, 15) is 0 Å². The van der Waals surface area contributed by atoms with Crippen molar-refractivity contribution >= 4 is 0 Å². The fraction of sp³-hybridized carbons (Fsp3) is 0.0465. The van der Waals surface area contributed by atoms with Crippen molar-refractivity contribution in [3.63, 3.8) is 0 Å². The van der Waals surface area contributed by atoms with Crippen molar-refractivity contribution in [3.8, 4) is 0 Å². The summed E-state index contributed by atoms with van der Waals surface area (Å²) in [5, 5.41) is 0. The van der Waals surface area contributed by atoms with Gasteiger partial charge in [0.2, 0.25) is 11.2 Å².